The third-order valence-corrected chi connectivity index (χ3v) is 3.31. The monoisotopic (exact) mass is 269 g/mol. The van der Waals surface area contributed by atoms with Gasteiger partial charge in [0.25, 0.3) is 0 Å². The molecule has 1 aromatic rings. The molecule has 1 atom stereocenters. The maximum atomic E-state index is 11.6. The van der Waals surface area contributed by atoms with Gasteiger partial charge in [0.15, 0.2) is 0 Å². The number of fused-ring (bicyclic) bond motifs is 1. The molecule has 80 valence electrons. The normalized spacial score (nSPS) is 19.9. The summed E-state index contributed by atoms with van der Waals surface area (Å²) in [6, 6.07) is 3.80. The molecule has 1 heterocycles. The van der Waals surface area contributed by atoms with E-state index in [4.69, 9.17) is 4.74 Å². The predicted octanol–water partition coefficient (Wildman–Crippen LogP) is 2.72. The molecule has 0 spiro atoms. The number of amides is 1. The average Bonchev–Trinajstić information content (AvgIpc) is 2.31. The molecule has 1 amide bonds. The van der Waals surface area contributed by atoms with Crippen LogP contribution in [0.25, 0.3) is 0 Å². The van der Waals surface area contributed by atoms with Gasteiger partial charge in [-0.05, 0) is 24.6 Å². The van der Waals surface area contributed by atoms with Crippen molar-refractivity contribution in [2.75, 3.05) is 11.9 Å². The molecular formula is C11H12BrNO2. The van der Waals surface area contributed by atoms with Crippen LogP contribution < -0.4 is 10.1 Å². The maximum absolute atomic E-state index is 11.6. The number of carbonyl (C=O) groups excluding carboxylic acids is 1. The Bertz CT molecular complexity index is 417. The van der Waals surface area contributed by atoms with E-state index >= 15 is 0 Å². The summed E-state index contributed by atoms with van der Waals surface area (Å²) in [6.07, 6.45) is 0. The zero-order valence-electron chi connectivity index (χ0n) is 8.63. The number of hydrogen-bond acceptors (Lipinski definition) is 2. The SMILES string of the molecule is Cc1cc2c(cc1Br)OCC(C)C(=O)N2. The summed E-state index contributed by atoms with van der Waals surface area (Å²) in [5.41, 5.74) is 1.83. The fourth-order valence-corrected chi connectivity index (χ4v) is 1.75. The number of carbonyl (C=O) groups is 1. The molecule has 0 radical (unpaired) electrons. The van der Waals surface area contributed by atoms with Gasteiger partial charge < -0.3 is 10.1 Å². The van der Waals surface area contributed by atoms with Gasteiger partial charge in [-0.3, -0.25) is 4.79 Å². The van der Waals surface area contributed by atoms with E-state index in [-0.39, 0.29) is 11.8 Å². The lowest BCUT2D eigenvalue weighted by Crippen LogP contribution is -2.22. The third-order valence-electron chi connectivity index (χ3n) is 2.46. The van der Waals surface area contributed by atoms with Crippen molar-refractivity contribution in [1.29, 1.82) is 0 Å². The highest BCUT2D eigenvalue weighted by Crippen LogP contribution is 2.33. The molecule has 0 aromatic heterocycles. The average molecular weight is 270 g/mol. The summed E-state index contributed by atoms with van der Waals surface area (Å²) in [7, 11) is 0. The minimum atomic E-state index is -0.114. The van der Waals surface area contributed by atoms with Gasteiger partial charge in [0.1, 0.15) is 5.75 Å². The largest absolute Gasteiger partial charge is 0.491 e. The second kappa shape index (κ2) is 3.85. The number of rotatable bonds is 0. The molecule has 1 aromatic carbocycles. The molecule has 1 aliphatic heterocycles. The van der Waals surface area contributed by atoms with Crippen molar-refractivity contribution in [2.45, 2.75) is 13.8 Å². The first-order valence-corrected chi connectivity index (χ1v) is 5.61. The Hall–Kier alpha value is -1.03. The third kappa shape index (κ3) is 2.00. The van der Waals surface area contributed by atoms with Crippen LogP contribution in [0.4, 0.5) is 5.69 Å². The molecule has 1 unspecified atom stereocenters. The Kier molecular flexibility index (Phi) is 2.69. The van der Waals surface area contributed by atoms with Crippen LogP contribution in [-0.4, -0.2) is 12.5 Å². The van der Waals surface area contributed by atoms with E-state index in [0.29, 0.717) is 6.61 Å². The summed E-state index contributed by atoms with van der Waals surface area (Å²) in [5.74, 6) is 0.622. The van der Waals surface area contributed by atoms with Crippen LogP contribution in [0, 0.1) is 12.8 Å². The van der Waals surface area contributed by atoms with E-state index in [1.807, 2.05) is 26.0 Å². The number of nitrogens with one attached hydrogen (secondary N) is 1. The minimum Gasteiger partial charge on any atom is -0.491 e. The van der Waals surface area contributed by atoms with E-state index in [0.717, 1.165) is 21.5 Å². The molecule has 4 heteroatoms. The lowest BCUT2D eigenvalue weighted by Gasteiger charge is -2.09. The van der Waals surface area contributed by atoms with Gasteiger partial charge in [0.05, 0.1) is 18.2 Å². The van der Waals surface area contributed by atoms with Crippen LogP contribution in [-0.2, 0) is 4.79 Å². The van der Waals surface area contributed by atoms with Crippen molar-refractivity contribution in [3.8, 4) is 5.75 Å². The van der Waals surface area contributed by atoms with Crippen LogP contribution in [0.5, 0.6) is 5.75 Å². The highest BCUT2D eigenvalue weighted by atomic mass is 79.9. The first-order valence-electron chi connectivity index (χ1n) is 4.81. The first kappa shape index (κ1) is 10.5. The second-order valence-corrected chi connectivity index (χ2v) is 4.65. The summed E-state index contributed by atoms with van der Waals surface area (Å²) >= 11 is 3.44. The summed E-state index contributed by atoms with van der Waals surface area (Å²) in [4.78, 5) is 11.6. The van der Waals surface area contributed by atoms with Gasteiger partial charge in [0.2, 0.25) is 5.91 Å². The van der Waals surface area contributed by atoms with Gasteiger partial charge in [-0.25, -0.2) is 0 Å². The van der Waals surface area contributed by atoms with Crippen LogP contribution in [0.1, 0.15) is 12.5 Å². The molecule has 0 fully saturated rings. The molecule has 0 saturated heterocycles. The molecule has 0 bridgehead atoms. The summed E-state index contributed by atoms with van der Waals surface area (Å²) < 4.78 is 6.54. The fourth-order valence-electron chi connectivity index (χ4n) is 1.43. The zero-order chi connectivity index (χ0) is 11.0. The molecule has 3 nitrogen and oxygen atoms in total. The zero-order valence-corrected chi connectivity index (χ0v) is 10.2. The van der Waals surface area contributed by atoms with Crippen LogP contribution in [0.2, 0.25) is 0 Å². The second-order valence-electron chi connectivity index (χ2n) is 3.80. The van der Waals surface area contributed by atoms with Crippen molar-refractivity contribution in [2.24, 2.45) is 5.92 Å². The van der Waals surface area contributed by atoms with Crippen molar-refractivity contribution in [3.05, 3.63) is 22.2 Å². The Morgan fingerprint density at radius 2 is 2.27 bits per heavy atom. The van der Waals surface area contributed by atoms with Crippen LogP contribution in [0.15, 0.2) is 16.6 Å². The number of aryl methyl sites for hydroxylation is 1. The number of halogens is 1. The maximum Gasteiger partial charge on any atom is 0.230 e. The fraction of sp³-hybridized carbons (Fsp3) is 0.364. The number of benzene rings is 1. The number of hydrogen-bond donors (Lipinski definition) is 1. The molecule has 15 heavy (non-hydrogen) atoms. The van der Waals surface area contributed by atoms with Gasteiger partial charge >= 0.3 is 0 Å². The molecule has 0 saturated carbocycles. The molecule has 0 aliphatic carbocycles. The number of ether oxygens (including phenoxy) is 1. The lowest BCUT2D eigenvalue weighted by atomic mass is 10.2. The molecule has 1 N–H and O–H groups in total. The Morgan fingerprint density at radius 1 is 1.53 bits per heavy atom. The lowest BCUT2D eigenvalue weighted by molar-refractivity contribution is -0.119. The topological polar surface area (TPSA) is 38.3 Å². The molecular weight excluding hydrogens is 258 g/mol. The van der Waals surface area contributed by atoms with Gasteiger partial charge in [-0.15, -0.1) is 0 Å². The minimum absolute atomic E-state index is 0.00970. The highest BCUT2D eigenvalue weighted by molar-refractivity contribution is 9.10. The van der Waals surface area contributed by atoms with E-state index in [9.17, 15) is 4.79 Å². The number of anilines is 1. The first-order chi connectivity index (χ1) is 7.08. The van der Waals surface area contributed by atoms with Crippen molar-refractivity contribution >= 4 is 27.5 Å². The van der Waals surface area contributed by atoms with Gasteiger partial charge in [-0.2, -0.15) is 0 Å². The summed E-state index contributed by atoms with van der Waals surface area (Å²) in [5, 5.41) is 2.86. The van der Waals surface area contributed by atoms with Crippen molar-refractivity contribution < 1.29 is 9.53 Å². The van der Waals surface area contributed by atoms with Crippen LogP contribution in [0.3, 0.4) is 0 Å². The molecule has 1 aliphatic rings. The molecule has 2 rings (SSSR count). The predicted molar refractivity (Wildman–Crippen MR) is 62.2 cm³/mol. The highest BCUT2D eigenvalue weighted by Gasteiger charge is 2.21. The van der Waals surface area contributed by atoms with E-state index in [1.54, 1.807) is 0 Å². The Labute approximate surface area is 96.9 Å². The van der Waals surface area contributed by atoms with E-state index in [1.165, 1.54) is 0 Å². The van der Waals surface area contributed by atoms with Crippen molar-refractivity contribution in [3.63, 3.8) is 0 Å². The Morgan fingerprint density at radius 3 is 3.00 bits per heavy atom. The van der Waals surface area contributed by atoms with Gasteiger partial charge in [0, 0.05) is 4.47 Å². The Balaban J connectivity index is 2.43. The standard InChI is InChI=1S/C11H12BrNO2/c1-6-3-9-10(4-8(6)12)15-5-7(2)11(14)13-9/h3-4,7H,5H2,1-2H3,(H,13,14). The summed E-state index contributed by atoms with van der Waals surface area (Å²) in [6.45, 7) is 4.25. The van der Waals surface area contributed by atoms with Crippen LogP contribution >= 0.6 is 15.9 Å². The van der Waals surface area contributed by atoms with Crippen molar-refractivity contribution in [1.82, 2.24) is 0 Å². The quantitative estimate of drug-likeness (QED) is 0.787. The van der Waals surface area contributed by atoms with E-state index < -0.39 is 0 Å². The van der Waals surface area contributed by atoms with E-state index in [2.05, 4.69) is 21.2 Å². The smallest absolute Gasteiger partial charge is 0.230 e. The van der Waals surface area contributed by atoms with Gasteiger partial charge in [-0.1, -0.05) is 22.9 Å².